The smallest absolute Gasteiger partial charge is 0.142 e. The van der Waals surface area contributed by atoms with Crippen molar-refractivity contribution < 1.29 is 0 Å². The molecule has 16 heavy (non-hydrogen) atoms. The van der Waals surface area contributed by atoms with Gasteiger partial charge in [-0.25, -0.2) is 4.98 Å². The average molecular weight is 217 g/mol. The van der Waals surface area contributed by atoms with Gasteiger partial charge in [-0.2, -0.15) is 5.26 Å². The number of nitrogens with zero attached hydrogens (tertiary/aromatic N) is 2. The van der Waals surface area contributed by atoms with Gasteiger partial charge in [0.15, 0.2) is 0 Å². The third-order valence-electron chi connectivity index (χ3n) is 3.02. The Labute approximate surface area is 97.5 Å². The van der Waals surface area contributed by atoms with Crippen molar-refractivity contribution in [1.29, 1.82) is 5.26 Å². The van der Waals surface area contributed by atoms with Crippen molar-refractivity contribution >= 4 is 5.69 Å². The quantitative estimate of drug-likeness (QED) is 0.824. The molecule has 1 rings (SSSR count). The second-order valence-corrected chi connectivity index (χ2v) is 4.05. The van der Waals surface area contributed by atoms with E-state index in [1.807, 2.05) is 12.1 Å². The first kappa shape index (κ1) is 12.5. The number of pyridine rings is 1. The van der Waals surface area contributed by atoms with Gasteiger partial charge in [0.2, 0.25) is 0 Å². The van der Waals surface area contributed by atoms with Crippen LogP contribution in [0.3, 0.4) is 0 Å². The molecular formula is C13H19N3. The molecule has 1 unspecified atom stereocenters. The van der Waals surface area contributed by atoms with Gasteiger partial charge in [-0.1, -0.05) is 26.7 Å². The monoisotopic (exact) mass is 217 g/mol. The van der Waals surface area contributed by atoms with E-state index >= 15 is 0 Å². The fourth-order valence-corrected chi connectivity index (χ4v) is 1.96. The summed E-state index contributed by atoms with van der Waals surface area (Å²) >= 11 is 0. The minimum Gasteiger partial charge on any atom is -0.382 e. The number of rotatable bonds is 5. The zero-order chi connectivity index (χ0) is 12.0. The van der Waals surface area contributed by atoms with Crippen LogP contribution < -0.4 is 5.32 Å². The molecule has 1 N–H and O–H groups in total. The fraction of sp³-hybridized carbons (Fsp3) is 0.538. The Morgan fingerprint density at radius 2 is 2.12 bits per heavy atom. The van der Waals surface area contributed by atoms with E-state index in [2.05, 4.69) is 31.1 Å². The van der Waals surface area contributed by atoms with Crippen molar-refractivity contribution in [2.75, 3.05) is 5.32 Å². The Morgan fingerprint density at radius 3 is 2.69 bits per heavy atom. The van der Waals surface area contributed by atoms with E-state index in [0.29, 0.717) is 17.7 Å². The molecule has 1 atom stereocenters. The highest BCUT2D eigenvalue weighted by Crippen LogP contribution is 2.18. The molecule has 0 aliphatic carbocycles. The number of nitrogens with one attached hydrogen (secondary N) is 1. The number of aromatic nitrogens is 1. The molecular weight excluding hydrogens is 198 g/mol. The van der Waals surface area contributed by atoms with E-state index in [-0.39, 0.29) is 0 Å². The minimum absolute atomic E-state index is 0.420. The normalized spacial score (nSPS) is 12.2. The Balaban J connectivity index is 2.69. The summed E-state index contributed by atoms with van der Waals surface area (Å²) < 4.78 is 0. The van der Waals surface area contributed by atoms with Gasteiger partial charge in [0.1, 0.15) is 11.8 Å². The van der Waals surface area contributed by atoms with Crippen molar-refractivity contribution in [2.45, 2.75) is 39.7 Å². The summed E-state index contributed by atoms with van der Waals surface area (Å²) in [6.45, 7) is 6.60. The first-order chi connectivity index (χ1) is 7.71. The van der Waals surface area contributed by atoms with Gasteiger partial charge >= 0.3 is 0 Å². The first-order valence-corrected chi connectivity index (χ1v) is 5.83. The molecule has 0 radical (unpaired) electrons. The van der Waals surface area contributed by atoms with Crippen LogP contribution in [0.4, 0.5) is 5.69 Å². The molecule has 86 valence electrons. The van der Waals surface area contributed by atoms with Crippen molar-refractivity contribution in [3.63, 3.8) is 0 Å². The lowest BCUT2D eigenvalue weighted by Gasteiger charge is -2.23. The fourth-order valence-electron chi connectivity index (χ4n) is 1.96. The highest BCUT2D eigenvalue weighted by molar-refractivity contribution is 5.46. The molecule has 1 aromatic heterocycles. The largest absolute Gasteiger partial charge is 0.382 e. The zero-order valence-corrected chi connectivity index (χ0v) is 10.2. The van der Waals surface area contributed by atoms with Crippen LogP contribution in [0.15, 0.2) is 18.3 Å². The minimum atomic E-state index is 0.420. The summed E-state index contributed by atoms with van der Waals surface area (Å²) in [4.78, 5) is 3.95. The van der Waals surface area contributed by atoms with Gasteiger partial charge in [0.25, 0.3) is 0 Å². The molecule has 0 fully saturated rings. The molecule has 0 aliphatic heterocycles. The highest BCUT2D eigenvalue weighted by Gasteiger charge is 2.12. The van der Waals surface area contributed by atoms with Crippen molar-refractivity contribution in [1.82, 2.24) is 4.98 Å². The van der Waals surface area contributed by atoms with Gasteiger partial charge in [0.05, 0.1) is 0 Å². The maximum atomic E-state index is 8.76. The van der Waals surface area contributed by atoms with Crippen LogP contribution in [0.2, 0.25) is 0 Å². The summed E-state index contributed by atoms with van der Waals surface area (Å²) in [6.07, 6.45) is 4.00. The molecule has 3 nitrogen and oxygen atoms in total. The van der Waals surface area contributed by atoms with Crippen molar-refractivity contribution in [2.24, 2.45) is 5.92 Å². The molecule has 0 saturated carbocycles. The van der Waals surface area contributed by atoms with Crippen LogP contribution in [-0.4, -0.2) is 11.0 Å². The Kier molecular flexibility index (Phi) is 4.78. The molecule has 3 heteroatoms. The lowest BCUT2D eigenvalue weighted by Crippen LogP contribution is -2.25. The molecule has 0 aliphatic rings. The highest BCUT2D eigenvalue weighted by atomic mass is 14.9. The number of hydrogen-bond acceptors (Lipinski definition) is 3. The number of nitriles is 1. The summed E-state index contributed by atoms with van der Waals surface area (Å²) in [5.74, 6) is 0.665. The van der Waals surface area contributed by atoms with Crippen LogP contribution in [-0.2, 0) is 0 Å². The number of anilines is 1. The van der Waals surface area contributed by atoms with Crippen LogP contribution in [0.1, 0.15) is 39.3 Å². The maximum absolute atomic E-state index is 8.76. The molecule has 0 saturated heterocycles. The van der Waals surface area contributed by atoms with Gasteiger partial charge in [0, 0.05) is 17.9 Å². The van der Waals surface area contributed by atoms with Gasteiger partial charge in [-0.3, -0.25) is 0 Å². The molecule has 0 amide bonds. The Morgan fingerprint density at radius 1 is 1.44 bits per heavy atom. The molecule has 0 spiro atoms. The standard InChI is InChI=1S/C13H19N3/c1-4-11(5-2)10(3)16-12-6-7-15-13(8-12)9-14/h6-8,10-11H,4-5H2,1-3H3,(H,15,16). The molecule has 1 heterocycles. The van der Waals surface area contributed by atoms with Gasteiger partial charge in [-0.05, 0) is 25.0 Å². The van der Waals surface area contributed by atoms with Crippen LogP contribution in [0.5, 0.6) is 0 Å². The average Bonchev–Trinajstić information content (AvgIpc) is 2.31. The molecule has 0 aromatic carbocycles. The summed E-state index contributed by atoms with van der Waals surface area (Å²) in [6, 6.07) is 6.16. The molecule has 0 bridgehead atoms. The zero-order valence-electron chi connectivity index (χ0n) is 10.2. The van der Waals surface area contributed by atoms with E-state index < -0.39 is 0 Å². The summed E-state index contributed by atoms with van der Waals surface area (Å²) in [5.41, 5.74) is 1.44. The first-order valence-electron chi connectivity index (χ1n) is 5.83. The van der Waals surface area contributed by atoms with E-state index in [1.54, 1.807) is 12.3 Å². The van der Waals surface area contributed by atoms with E-state index in [9.17, 15) is 0 Å². The molecule has 1 aromatic rings. The SMILES string of the molecule is CCC(CC)C(C)Nc1ccnc(C#N)c1. The van der Waals surface area contributed by atoms with Crippen LogP contribution in [0.25, 0.3) is 0 Å². The van der Waals surface area contributed by atoms with Crippen molar-refractivity contribution in [3.8, 4) is 6.07 Å². The second-order valence-electron chi connectivity index (χ2n) is 4.05. The maximum Gasteiger partial charge on any atom is 0.142 e. The third-order valence-corrected chi connectivity index (χ3v) is 3.02. The second kappa shape index (κ2) is 6.12. The lowest BCUT2D eigenvalue weighted by atomic mass is 9.95. The lowest BCUT2D eigenvalue weighted by molar-refractivity contribution is 0.438. The van der Waals surface area contributed by atoms with E-state index in [0.717, 1.165) is 5.69 Å². The van der Waals surface area contributed by atoms with Crippen LogP contribution in [0, 0.1) is 17.2 Å². The Hall–Kier alpha value is -1.56. The van der Waals surface area contributed by atoms with E-state index in [4.69, 9.17) is 5.26 Å². The van der Waals surface area contributed by atoms with E-state index in [1.165, 1.54) is 12.8 Å². The predicted molar refractivity (Wildman–Crippen MR) is 66.1 cm³/mol. The van der Waals surface area contributed by atoms with Crippen molar-refractivity contribution in [3.05, 3.63) is 24.0 Å². The number of hydrogen-bond donors (Lipinski definition) is 1. The van der Waals surface area contributed by atoms with Gasteiger partial charge in [-0.15, -0.1) is 0 Å². The predicted octanol–water partition coefficient (Wildman–Crippen LogP) is 3.19. The van der Waals surface area contributed by atoms with Gasteiger partial charge < -0.3 is 5.32 Å². The summed E-state index contributed by atoms with van der Waals surface area (Å²) in [5, 5.41) is 12.2. The summed E-state index contributed by atoms with van der Waals surface area (Å²) in [7, 11) is 0. The Bertz CT molecular complexity index is 364. The third kappa shape index (κ3) is 3.23. The van der Waals surface area contributed by atoms with Crippen LogP contribution >= 0.6 is 0 Å². The topological polar surface area (TPSA) is 48.7 Å².